The first-order valence-electron chi connectivity index (χ1n) is 6.53. The number of carbonyl (C=O) groups excluding carboxylic acids is 1. The molecule has 0 saturated heterocycles. The van der Waals surface area contributed by atoms with Crippen molar-refractivity contribution in [3.63, 3.8) is 0 Å². The molecule has 2 N–H and O–H groups in total. The molecule has 0 aliphatic carbocycles. The SMILES string of the molecule is O=C(NCc1ccc(F)cc1)c1cc2c(F)cc(F)cc2[nH]1. The minimum atomic E-state index is -0.733. The monoisotopic (exact) mass is 304 g/mol. The molecule has 6 heteroatoms. The van der Waals surface area contributed by atoms with Crippen LogP contribution in [0.25, 0.3) is 10.9 Å². The van der Waals surface area contributed by atoms with Gasteiger partial charge in [-0.1, -0.05) is 12.1 Å². The van der Waals surface area contributed by atoms with Crippen LogP contribution in [0.2, 0.25) is 0 Å². The van der Waals surface area contributed by atoms with Crippen molar-refractivity contribution in [2.24, 2.45) is 0 Å². The van der Waals surface area contributed by atoms with E-state index in [0.717, 1.165) is 17.7 Å². The third-order valence-electron chi connectivity index (χ3n) is 3.26. The Morgan fingerprint density at radius 2 is 1.73 bits per heavy atom. The molecule has 0 saturated carbocycles. The zero-order valence-electron chi connectivity index (χ0n) is 11.3. The number of halogens is 3. The number of fused-ring (bicyclic) bond motifs is 1. The first-order chi connectivity index (χ1) is 10.5. The highest BCUT2D eigenvalue weighted by molar-refractivity contribution is 5.98. The molecule has 1 heterocycles. The number of benzene rings is 2. The van der Waals surface area contributed by atoms with Crippen LogP contribution < -0.4 is 5.32 Å². The van der Waals surface area contributed by atoms with Gasteiger partial charge in [-0.15, -0.1) is 0 Å². The summed E-state index contributed by atoms with van der Waals surface area (Å²) in [5.74, 6) is -2.27. The van der Waals surface area contributed by atoms with Crippen LogP contribution in [0.1, 0.15) is 16.1 Å². The average molecular weight is 304 g/mol. The molecule has 112 valence electrons. The van der Waals surface area contributed by atoms with Gasteiger partial charge in [0.25, 0.3) is 5.91 Å². The van der Waals surface area contributed by atoms with Gasteiger partial charge in [-0.2, -0.15) is 0 Å². The quantitative estimate of drug-likeness (QED) is 0.764. The molecule has 1 aromatic heterocycles. The lowest BCUT2D eigenvalue weighted by atomic mass is 10.2. The Kier molecular flexibility index (Phi) is 3.58. The minimum absolute atomic E-state index is 0.126. The summed E-state index contributed by atoms with van der Waals surface area (Å²) in [4.78, 5) is 14.7. The second-order valence-corrected chi connectivity index (χ2v) is 4.84. The van der Waals surface area contributed by atoms with E-state index >= 15 is 0 Å². The van der Waals surface area contributed by atoms with Gasteiger partial charge >= 0.3 is 0 Å². The molecule has 3 nitrogen and oxygen atoms in total. The highest BCUT2D eigenvalue weighted by Crippen LogP contribution is 2.20. The fourth-order valence-corrected chi connectivity index (χ4v) is 2.16. The third-order valence-corrected chi connectivity index (χ3v) is 3.26. The van der Waals surface area contributed by atoms with Gasteiger partial charge in [-0.25, -0.2) is 13.2 Å². The maximum absolute atomic E-state index is 13.6. The second kappa shape index (κ2) is 5.55. The Morgan fingerprint density at radius 1 is 1.00 bits per heavy atom. The van der Waals surface area contributed by atoms with Gasteiger partial charge in [-0.05, 0) is 29.8 Å². The molecule has 2 aromatic carbocycles. The van der Waals surface area contributed by atoms with Crippen LogP contribution >= 0.6 is 0 Å². The van der Waals surface area contributed by atoms with Crippen molar-refractivity contribution in [1.29, 1.82) is 0 Å². The molecule has 0 aliphatic heterocycles. The fraction of sp³-hybridized carbons (Fsp3) is 0.0625. The highest BCUT2D eigenvalue weighted by atomic mass is 19.1. The topological polar surface area (TPSA) is 44.9 Å². The van der Waals surface area contributed by atoms with Crippen molar-refractivity contribution < 1.29 is 18.0 Å². The average Bonchev–Trinajstić information content (AvgIpc) is 2.90. The first kappa shape index (κ1) is 14.2. The van der Waals surface area contributed by atoms with Crippen molar-refractivity contribution >= 4 is 16.8 Å². The molecule has 0 aliphatic rings. The molecule has 0 atom stereocenters. The molecule has 0 unspecified atom stereocenters. The van der Waals surface area contributed by atoms with Crippen molar-refractivity contribution in [1.82, 2.24) is 10.3 Å². The maximum Gasteiger partial charge on any atom is 0.267 e. The van der Waals surface area contributed by atoms with Crippen LogP contribution in [0.5, 0.6) is 0 Å². The predicted octanol–water partition coefficient (Wildman–Crippen LogP) is 3.52. The van der Waals surface area contributed by atoms with E-state index < -0.39 is 17.5 Å². The number of hydrogen-bond donors (Lipinski definition) is 2. The van der Waals surface area contributed by atoms with E-state index in [2.05, 4.69) is 10.3 Å². The predicted molar refractivity (Wildman–Crippen MR) is 75.8 cm³/mol. The molecular weight excluding hydrogens is 293 g/mol. The van der Waals surface area contributed by atoms with Crippen molar-refractivity contribution in [3.8, 4) is 0 Å². The maximum atomic E-state index is 13.6. The highest BCUT2D eigenvalue weighted by Gasteiger charge is 2.13. The number of hydrogen-bond acceptors (Lipinski definition) is 1. The summed E-state index contributed by atoms with van der Waals surface area (Å²) >= 11 is 0. The Labute approximate surface area is 123 Å². The summed E-state index contributed by atoms with van der Waals surface area (Å²) in [7, 11) is 0. The molecule has 1 amide bonds. The van der Waals surface area contributed by atoms with Gasteiger partial charge in [-0.3, -0.25) is 4.79 Å². The summed E-state index contributed by atoms with van der Waals surface area (Å²) in [5.41, 5.74) is 1.06. The van der Waals surface area contributed by atoms with E-state index in [-0.39, 0.29) is 29.0 Å². The lowest BCUT2D eigenvalue weighted by Gasteiger charge is -2.03. The van der Waals surface area contributed by atoms with E-state index in [1.54, 1.807) is 12.1 Å². The van der Waals surface area contributed by atoms with Crippen LogP contribution in [-0.2, 0) is 6.54 Å². The Hall–Kier alpha value is -2.76. The second-order valence-electron chi connectivity index (χ2n) is 4.84. The van der Waals surface area contributed by atoms with Crippen LogP contribution in [0.4, 0.5) is 13.2 Å². The number of rotatable bonds is 3. The zero-order valence-corrected chi connectivity index (χ0v) is 11.3. The minimum Gasteiger partial charge on any atom is -0.350 e. The van der Waals surface area contributed by atoms with Gasteiger partial charge in [0.05, 0.1) is 5.52 Å². The van der Waals surface area contributed by atoms with Crippen LogP contribution in [0, 0.1) is 17.5 Å². The summed E-state index contributed by atoms with van der Waals surface area (Å²) in [6, 6.07) is 8.90. The molecule has 3 rings (SSSR count). The van der Waals surface area contributed by atoms with E-state index in [1.807, 2.05) is 0 Å². The normalized spacial score (nSPS) is 10.9. The zero-order chi connectivity index (χ0) is 15.7. The molecule has 0 radical (unpaired) electrons. The summed E-state index contributed by atoms with van der Waals surface area (Å²) < 4.78 is 39.5. The van der Waals surface area contributed by atoms with Crippen LogP contribution in [0.3, 0.4) is 0 Å². The smallest absolute Gasteiger partial charge is 0.267 e. The third kappa shape index (κ3) is 2.81. The number of aromatic nitrogens is 1. The fourth-order valence-electron chi connectivity index (χ4n) is 2.16. The van der Waals surface area contributed by atoms with Crippen molar-refractivity contribution in [3.05, 3.63) is 71.2 Å². The number of amides is 1. The molecule has 0 bridgehead atoms. The van der Waals surface area contributed by atoms with E-state index in [9.17, 15) is 18.0 Å². The summed E-state index contributed by atoms with van der Waals surface area (Å²) in [5, 5.41) is 2.77. The number of carbonyl (C=O) groups is 1. The first-order valence-corrected chi connectivity index (χ1v) is 6.53. The lowest BCUT2D eigenvalue weighted by Crippen LogP contribution is -2.23. The van der Waals surface area contributed by atoms with E-state index in [4.69, 9.17) is 0 Å². The Morgan fingerprint density at radius 3 is 2.45 bits per heavy atom. The summed E-state index contributed by atoms with van der Waals surface area (Å²) in [6.45, 7) is 0.200. The van der Waals surface area contributed by atoms with Crippen molar-refractivity contribution in [2.45, 2.75) is 6.54 Å². The molecular formula is C16H11F3N2O. The van der Waals surface area contributed by atoms with Gasteiger partial charge in [0, 0.05) is 18.0 Å². The number of nitrogens with one attached hydrogen (secondary N) is 2. The largest absolute Gasteiger partial charge is 0.350 e. The summed E-state index contributed by atoms with van der Waals surface area (Å²) in [6.07, 6.45) is 0. The van der Waals surface area contributed by atoms with Crippen LogP contribution in [-0.4, -0.2) is 10.9 Å². The van der Waals surface area contributed by atoms with Crippen LogP contribution in [0.15, 0.2) is 42.5 Å². The standard InChI is InChI=1S/C16H11F3N2O/c17-10-3-1-9(2-4-10)8-20-16(22)15-7-12-13(19)5-11(18)6-14(12)21-15/h1-7,21H,8H2,(H,20,22). The van der Waals surface area contributed by atoms with Gasteiger partial charge < -0.3 is 10.3 Å². The molecule has 3 aromatic rings. The number of aromatic amines is 1. The Bertz CT molecular complexity index is 840. The molecule has 0 fully saturated rings. The number of H-pyrrole nitrogens is 1. The molecule has 0 spiro atoms. The van der Waals surface area contributed by atoms with Crippen molar-refractivity contribution in [2.75, 3.05) is 0 Å². The van der Waals surface area contributed by atoms with E-state index in [1.165, 1.54) is 18.2 Å². The van der Waals surface area contributed by atoms with E-state index in [0.29, 0.717) is 0 Å². The van der Waals surface area contributed by atoms with Gasteiger partial charge in [0.1, 0.15) is 23.1 Å². The van der Waals surface area contributed by atoms with Gasteiger partial charge in [0.2, 0.25) is 0 Å². The Balaban J connectivity index is 1.77. The van der Waals surface area contributed by atoms with Gasteiger partial charge in [0.15, 0.2) is 0 Å². The lowest BCUT2D eigenvalue weighted by molar-refractivity contribution is 0.0947. The molecule has 22 heavy (non-hydrogen) atoms.